The molecule has 1 aliphatic rings. The van der Waals surface area contributed by atoms with Crippen LogP contribution in [0.2, 0.25) is 0 Å². The molecule has 1 rings (SSSR count). The van der Waals surface area contributed by atoms with Gasteiger partial charge in [-0.25, -0.2) is 0 Å². The number of ketones is 1. The molecule has 0 saturated heterocycles. The van der Waals surface area contributed by atoms with Gasteiger partial charge in [-0.1, -0.05) is 0 Å². The van der Waals surface area contributed by atoms with Crippen molar-refractivity contribution >= 4 is 5.78 Å². The van der Waals surface area contributed by atoms with Gasteiger partial charge in [0.2, 0.25) is 0 Å². The summed E-state index contributed by atoms with van der Waals surface area (Å²) < 4.78 is 50.8. The van der Waals surface area contributed by atoms with Crippen molar-refractivity contribution < 1.29 is 32.2 Å². The molecule has 0 N–H and O–H groups in total. The molecule has 0 aromatic heterocycles. The second-order valence-corrected chi connectivity index (χ2v) is 4.08. The highest BCUT2D eigenvalue weighted by Gasteiger charge is 2.41. The number of halogens is 3. The first-order valence-corrected chi connectivity index (χ1v) is 5.75. The molecule has 0 heterocycles. The highest BCUT2D eigenvalue weighted by Crippen LogP contribution is 2.25. The fourth-order valence-electron chi connectivity index (χ4n) is 1.58. The van der Waals surface area contributed by atoms with E-state index < -0.39 is 24.8 Å². The van der Waals surface area contributed by atoms with E-state index in [1.807, 2.05) is 0 Å². The third-order valence-corrected chi connectivity index (χ3v) is 2.58. The van der Waals surface area contributed by atoms with Gasteiger partial charge in [0.1, 0.15) is 6.10 Å². The minimum Gasteiger partial charge on any atom is -0.382 e. The predicted octanol–water partition coefficient (Wildman–Crippen LogP) is 1.72. The first-order chi connectivity index (χ1) is 8.44. The number of methoxy groups -OCH3 is 1. The van der Waals surface area contributed by atoms with Gasteiger partial charge in [-0.05, 0) is 6.42 Å². The maximum Gasteiger partial charge on any atom is 0.389 e. The average molecular weight is 270 g/mol. The number of ether oxygens (including phenoxy) is 3. The van der Waals surface area contributed by atoms with Crippen LogP contribution in [0, 0.1) is 0 Å². The lowest BCUT2D eigenvalue weighted by molar-refractivity contribution is -0.170. The average Bonchev–Trinajstić information content (AvgIpc) is 2.27. The Morgan fingerprint density at radius 3 is 2.50 bits per heavy atom. The first-order valence-electron chi connectivity index (χ1n) is 5.75. The Morgan fingerprint density at radius 2 is 1.94 bits per heavy atom. The lowest BCUT2D eigenvalue weighted by Crippen LogP contribution is -2.51. The largest absolute Gasteiger partial charge is 0.389 e. The first kappa shape index (κ1) is 15.4. The Bertz CT molecular complexity index is 268. The summed E-state index contributed by atoms with van der Waals surface area (Å²) in [6.45, 7) is 0.626. The number of hydrogen-bond donors (Lipinski definition) is 0. The van der Waals surface area contributed by atoms with Crippen LogP contribution < -0.4 is 0 Å². The Labute approximate surface area is 103 Å². The zero-order valence-corrected chi connectivity index (χ0v) is 10.2. The molecule has 0 aromatic rings. The molecule has 4 nitrogen and oxygen atoms in total. The molecule has 0 radical (unpaired) electrons. The van der Waals surface area contributed by atoms with Gasteiger partial charge < -0.3 is 14.2 Å². The molecule has 1 saturated carbocycles. The van der Waals surface area contributed by atoms with Gasteiger partial charge in [-0.2, -0.15) is 13.2 Å². The zero-order chi connectivity index (χ0) is 13.6. The molecule has 0 bridgehead atoms. The summed E-state index contributed by atoms with van der Waals surface area (Å²) >= 11 is 0. The lowest BCUT2D eigenvalue weighted by atomic mass is 9.90. The zero-order valence-electron chi connectivity index (χ0n) is 10.2. The Hall–Kier alpha value is -0.660. The highest BCUT2D eigenvalue weighted by atomic mass is 19.4. The van der Waals surface area contributed by atoms with Crippen molar-refractivity contribution in [3.05, 3.63) is 0 Å². The molecular weight excluding hydrogens is 253 g/mol. The van der Waals surface area contributed by atoms with Gasteiger partial charge in [0.15, 0.2) is 5.78 Å². The van der Waals surface area contributed by atoms with Gasteiger partial charge in [-0.15, -0.1) is 0 Å². The third-order valence-electron chi connectivity index (χ3n) is 2.58. The third kappa shape index (κ3) is 5.32. The molecule has 106 valence electrons. The van der Waals surface area contributed by atoms with Crippen LogP contribution in [0.3, 0.4) is 0 Å². The fourth-order valence-corrected chi connectivity index (χ4v) is 1.58. The fraction of sp³-hybridized carbons (Fsp3) is 0.909. The lowest BCUT2D eigenvalue weighted by Gasteiger charge is -2.34. The van der Waals surface area contributed by atoms with E-state index >= 15 is 0 Å². The van der Waals surface area contributed by atoms with E-state index in [-0.39, 0.29) is 31.8 Å². The summed E-state index contributed by atoms with van der Waals surface area (Å²) in [5.41, 5.74) is 0. The van der Waals surface area contributed by atoms with E-state index in [1.165, 1.54) is 7.11 Å². The van der Waals surface area contributed by atoms with Crippen LogP contribution in [0.15, 0.2) is 0 Å². The molecule has 0 amide bonds. The standard InChI is InChI=1S/C11H17F3O4/c1-16-5-6-18-10-8(15)7-9(10)17-4-2-3-11(12,13)14/h9-10H,2-7H2,1H3. The van der Waals surface area contributed by atoms with Crippen LogP contribution >= 0.6 is 0 Å². The summed E-state index contributed by atoms with van der Waals surface area (Å²) in [5, 5.41) is 0. The maximum absolute atomic E-state index is 11.9. The number of alkyl halides is 3. The smallest absolute Gasteiger partial charge is 0.382 e. The van der Waals surface area contributed by atoms with E-state index in [9.17, 15) is 18.0 Å². The minimum absolute atomic E-state index is 0.0123. The molecule has 1 aliphatic carbocycles. The van der Waals surface area contributed by atoms with Crippen LogP contribution in [0.25, 0.3) is 0 Å². The highest BCUT2D eigenvalue weighted by molar-refractivity contribution is 5.90. The summed E-state index contributed by atoms with van der Waals surface area (Å²) in [6, 6.07) is 0. The van der Waals surface area contributed by atoms with Gasteiger partial charge in [-0.3, -0.25) is 4.79 Å². The summed E-state index contributed by atoms with van der Waals surface area (Å²) in [4.78, 5) is 11.2. The number of Topliss-reactive ketones (excluding diaryl/α,β-unsaturated/α-hetero) is 1. The maximum atomic E-state index is 11.9. The number of carbonyl (C=O) groups excluding carboxylic acids is 1. The van der Waals surface area contributed by atoms with Crippen molar-refractivity contribution in [3.63, 3.8) is 0 Å². The Kier molecular flexibility index (Phi) is 6.04. The molecule has 18 heavy (non-hydrogen) atoms. The number of rotatable bonds is 8. The predicted molar refractivity (Wildman–Crippen MR) is 56.3 cm³/mol. The van der Waals surface area contributed by atoms with E-state index in [2.05, 4.69) is 0 Å². The van der Waals surface area contributed by atoms with Crippen molar-refractivity contribution in [1.29, 1.82) is 0 Å². The van der Waals surface area contributed by atoms with Crippen molar-refractivity contribution in [2.75, 3.05) is 26.9 Å². The molecule has 0 spiro atoms. The van der Waals surface area contributed by atoms with Gasteiger partial charge in [0.05, 0.1) is 19.3 Å². The van der Waals surface area contributed by atoms with E-state index in [0.717, 1.165) is 0 Å². The molecule has 1 fully saturated rings. The van der Waals surface area contributed by atoms with Gasteiger partial charge in [0, 0.05) is 26.6 Å². The second-order valence-electron chi connectivity index (χ2n) is 4.08. The van der Waals surface area contributed by atoms with Crippen LogP contribution in [-0.2, 0) is 19.0 Å². The molecule has 0 aliphatic heterocycles. The molecule has 2 unspecified atom stereocenters. The van der Waals surface area contributed by atoms with Crippen LogP contribution in [0.5, 0.6) is 0 Å². The second kappa shape index (κ2) is 7.06. The van der Waals surface area contributed by atoms with Crippen molar-refractivity contribution in [2.24, 2.45) is 0 Å². The normalized spacial score (nSPS) is 24.1. The molecular formula is C11H17F3O4. The van der Waals surface area contributed by atoms with Crippen LogP contribution in [0.1, 0.15) is 19.3 Å². The van der Waals surface area contributed by atoms with E-state index in [1.54, 1.807) is 0 Å². The molecule has 7 heteroatoms. The van der Waals surface area contributed by atoms with Crippen LogP contribution in [-0.4, -0.2) is 51.1 Å². The number of hydrogen-bond acceptors (Lipinski definition) is 4. The van der Waals surface area contributed by atoms with Crippen LogP contribution in [0.4, 0.5) is 13.2 Å². The summed E-state index contributed by atoms with van der Waals surface area (Å²) in [6.07, 6.45) is -5.98. The topological polar surface area (TPSA) is 44.8 Å². The number of carbonyl (C=O) groups is 1. The Balaban J connectivity index is 2.12. The van der Waals surface area contributed by atoms with E-state index in [0.29, 0.717) is 6.61 Å². The van der Waals surface area contributed by atoms with E-state index in [4.69, 9.17) is 14.2 Å². The summed E-state index contributed by atoms with van der Waals surface area (Å²) in [5.74, 6) is -0.0769. The van der Waals surface area contributed by atoms with Crippen molar-refractivity contribution in [2.45, 2.75) is 37.6 Å². The van der Waals surface area contributed by atoms with Crippen molar-refractivity contribution in [3.8, 4) is 0 Å². The molecule has 0 aromatic carbocycles. The minimum atomic E-state index is -4.16. The van der Waals surface area contributed by atoms with Gasteiger partial charge >= 0.3 is 6.18 Å². The van der Waals surface area contributed by atoms with Crippen molar-refractivity contribution in [1.82, 2.24) is 0 Å². The Morgan fingerprint density at radius 1 is 1.22 bits per heavy atom. The quantitative estimate of drug-likeness (QED) is 0.630. The SMILES string of the molecule is COCCOC1C(=O)CC1OCCCC(F)(F)F. The monoisotopic (exact) mass is 270 g/mol. The van der Waals surface area contributed by atoms with Gasteiger partial charge in [0.25, 0.3) is 0 Å². The molecule has 2 atom stereocenters. The summed E-state index contributed by atoms with van der Waals surface area (Å²) in [7, 11) is 1.51.